The van der Waals surface area contributed by atoms with Crippen LogP contribution in [0.1, 0.15) is 23.7 Å². The molecule has 0 saturated heterocycles. The molecular formula is C13H14N2O2. The first kappa shape index (κ1) is 11.5. The molecule has 88 valence electrons. The predicted octanol–water partition coefficient (Wildman–Crippen LogP) is 2.02. The first-order chi connectivity index (χ1) is 8.08. The SMILES string of the molecule is Cc1cc(C(N)CC(=O)O)c2ccccc2n1. The lowest BCUT2D eigenvalue weighted by molar-refractivity contribution is -0.137. The highest BCUT2D eigenvalue weighted by Crippen LogP contribution is 2.24. The maximum atomic E-state index is 10.7. The third-order valence-electron chi connectivity index (χ3n) is 2.67. The zero-order valence-corrected chi connectivity index (χ0v) is 9.55. The van der Waals surface area contributed by atoms with E-state index in [-0.39, 0.29) is 6.42 Å². The van der Waals surface area contributed by atoms with Gasteiger partial charge in [-0.1, -0.05) is 18.2 Å². The second-order valence-corrected chi connectivity index (χ2v) is 4.07. The van der Waals surface area contributed by atoms with E-state index in [0.717, 1.165) is 22.2 Å². The van der Waals surface area contributed by atoms with Gasteiger partial charge in [0.05, 0.1) is 11.9 Å². The van der Waals surface area contributed by atoms with Crippen molar-refractivity contribution in [3.8, 4) is 0 Å². The number of aryl methyl sites for hydroxylation is 1. The zero-order valence-electron chi connectivity index (χ0n) is 9.55. The molecule has 1 aromatic heterocycles. The van der Waals surface area contributed by atoms with Gasteiger partial charge in [-0.15, -0.1) is 0 Å². The third-order valence-corrected chi connectivity index (χ3v) is 2.67. The summed E-state index contributed by atoms with van der Waals surface area (Å²) in [7, 11) is 0. The van der Waals surface area contributed by atoms with E-state index < -0.39 is 12.0 Å². The summed E-state index contributed by atoms with van der Waals surface area (Å²) in [6.07, 6.45) is -0.0759. The fraction of sp³-hybridized carbons (Fsp3) is 0.231. The Hall–Kier alpha value is -1.94. The monoisotopic (exact) mass is 230 g/mol. The number of nitrogens with zero attached hydrogens (tertiary/aromatic N) is 1. The lowest BCUT2D eigenvalue weighted by atomic mass is 9.99. The van der Waals surface area contributed by atoms with Gasteiger partial charge in [-0.2, -0.15) is 0 Å². The molecule has 4 heteroatoms. The minimum atomic E-state index is -0.893. The average Bonchev–Trinajstić information content (AvgIpc) is 2.26. The number of fused-ring (bicyclic) bond motifs is 1. The Bertz CT molecular complexity index is 566. The van der Waals surface area contributed by atoms with Crippen LogP contribution in [-0.2, 0) is 4.79 Å². The molecule has 2 rings (SSSR count). The van der Waals surface area contributed by atoms with Gasteiger partial charge in [-0.25, -0.2) is 0 Å². The quantitative estimate of drug-likeness (QED) is 0.845. The third kappa shape index (κ3) is 2.42. The Balaban J connectivity index is 2.55. The molecule has 2 aromatic rings. The lowest BCUT2D eigenvalue weighted by Gasteiger charge is -2.13. The number of nitrogens with two attached hydrogens (primary N) is 1. The van der Waals surface area contributed by atoms with Gasteiger partial charge in [0.1, 0.15) is 0 Å². The highest BCUT2D eigenvalue weighted by molar-refractivity contribution is 5.83. The summed E-state index contributed by atoms with van der Waals surface area (Å²) in [5.74, 6) is -0.893. The smallest absolute Gasteiger partial charge is 0.305 e. The van der Waals surface area contributed by atoms with Gasteiger partial charge in [0.25, 0.3) is 0 Å². The van der Waals surface area contributed by atoms with E-state index >= 15 is 0 Å². The number of hydrogen-bond acceptors (Lipinski definition) is 3. The molecule has 0 fully saturated rings. The van der Waals surface area contributed by atoms with E-state index in [1.807, 2.05) is 37.3 Å². The van der Waals surface area contributed by atoms with Gasteiger partial charge < -0.3 is 10.8 Å². The minimum absolute atomic E-state index is 0.0759. The van der Waals surface area contributed by atoms with E-state index in [1.54, 1.807) is 0 Å². The highest BCUT2D eigenvalue weighted by Gasteiger charge is 2.14. The molecule has 1 aromatic carbocycles. The molecule has 0 radical (unpaired) electrons. The van der Waals surface area contributed by atoms with Crippen LogP contribution in [0, 0.1) is 6.92 Å². The first-order valence-electron chi connectivity index (χ1n) is 5.41. The molecule has 0 spiro atoms. The second-order valence-electron chi connectivity index (χ2n) is 4.07. The summed E-state index contributed by atoms with van der Waals surface area (Å²) >= 11 is 0. The van der Waals surface area contributed by atoms with Crippen LogP contribution in [0.3, 0.4) is 0 Å². The van der Waals surface area contributed by atoms with Crippen molar-refractivity contribution in [2.24, 2.45) is 5.73 Å². The van der Waals surface area contributed by atoms with Gasteiger partial charge in [-0.3, -0.25) is 9.78 Å². The minimum Gasteiger partial charge on any atom is -0.481 e. The summed E-state index contributed by atoms with van der Waals surface area (Å²) < 4.78 is 0. The molecule has 0 saturated carbocycles. The number of aliphatic carboxylic acids is 1. The Morgan fingerprint density at radius 3 is 2.88 bits per heavy atom. The largest absolute Gasteiger partial charge is 0.481 e. The topological polar surface area (TPSA) is 76.2 Å². The number of hydrogen-bond donors (Lipinski definition) is 2. The number of aromatic nitrogens is 1. The average molecular weight is 230 g/mol. The van der Waals surface area contributed by atoms with Gasteiger partial charge in [-0.05, 0) is 24.6 Å². The molecular weight excluding hydrogens is 216 g/mol. The highest BCUT2D eigenvalue weighted by atomic mass is 16.4. The molecule has 1 heterocycles. The van der Waals surface area contributed by atoms with Crippen LogP contribution in [0.15, 0.2) is 30.3 Å². The number of benzene rings is 1. The second kappa shape index (κ2) is 4.51. The number of carboxylic acids is 1. The molecule has 1 unspecified atom stereocenters. The predicted molar refractivity (Wildman–Crippen MR) is 65.7 cm³/mol. The van der Waals surface area contributed by atoms with Crippen LogP contribution in [0.5, 0.6) is 0 Å². The summed E-state index contributed by atoms with van der Waals surface area (Å²) in [4.78, 5) is 15.1. The summed E-state index contributed by atoms with van der Waals surface area (Å²) in [5, 5.41) is 9.71. The van der Waals surface area contributed by atoms with E-state index in [4.69, 9.17) is 10.8 Å². The molecule has 1 atom stereocenters. The van der Waals surface area contributed by atoms with Crippen molar-refractivity contribution in [2.75, 3.05) is 0 Å². The molecule has 0 aliphatic heterocycles. The Morgan fingerprint density at radius 2 is 2.18 bits per heavy atom. The standard InChI is InChI=1S/C13H14N2O2/c1-8-6-10(11(14)7-13(16)17)9-4-2-3-5-12(9)15-8/h2-6,11H,7,14H2,1H3,(H,16,17). The molecule has 4 nitrogen and oxygen atoms in total. The molecule has 3 N–H and O–H groups in total. The molecule has 0 bridgehead atoms. The summed E-state index contributed by atoms with van der Waals surface area (Å²) in [6, 6.07) is 8.98. The van der Waals surface area contributed by atoms with Crippen molar-refractivity contribution in [1.29, 1.82) is 0 Å². The van der Waals surface area contributed by atoms with E-state index in [2.05, 4.69) is 4.98 Å². The number of para-hydroxylation sites is 1. The molecule has 0 amide bonds. The van der Waals surface area contributed by atoms with E-state index in [9.17, 15) is 4.79 Å². The van der Waals surface area contributed by atoms with Gasteiger partial charge in [0.2, 0.25) is 0 Å². The molecule has 0 aliphatic rings. The number of carbonyl (C=O) groups is 1. The van der Waals surface area contributed by atoms with Gasteiger partial charge in [0.15, 0.2) is 0 Å². The van der Waals surface area contributed by atoms with E-state index in [0.29, 0.717) is 0 Å². The maximum absolute atomic E-state index is 10.7. The fourth-order valence-corrected chi connectivity index (χ4v) is 1.95. The van der Waals surface area contributed by atoms with Crippen LogP contribution in [0.25, 0.3) is 10.9 Å². The van der Waals surface area contributed by atoms with Crippen molar-refractivity contribution in [3.63, 3.8) is 0 Å². The van der Waals surface area contributed by atoms with Crippen molar-refractivity contribution in [2.45, 2.75) is 19.4 Å². The number of rotatable bonds is 3. The van der Waals surface area contributed by atoms with Gasteiger partial charge in [0, 0.05) is 17.1 Å². The van der Waals surface area contributed by atoms with Crippen LogP contribution in [-0.4, -0.2) is 16.1 Å². The van der Waals surface area contributed by atoms with Crippen molar-refractivity contribution >= 4 is 16.9 Å². The summed E-state index contributed by atoms with van der Waals surface area (Å²) in [5.41, 5.74) is 8.46. The lowest BCUT2D eigenvalue weighted by Crippen LogP contribution is -2.15. The van der Waals surface area contributed by atoms with Crippen LogP contribution >= 0.6 is 0 Å². The number of pyridine rings is 1. The molecule has 17 heavy (non-hydrogen) atoms. The Kier molecular flexibility index (Phi) is 3.06. The summed E-state index contributed by atoms with van der Waals surface area (Å²) in [6.45, 7) is 1.88. The van der Waals surface area contributed by atoms with E-state index in [1.165, 1.54) is 0 Å². The van der Waals surface area contributed by atoms with Crippen molar-refractivity contribution < 1.29 is 9.90 Å². The van der Waals surface area contributed by atoms with Crippen molar-refractivity contribution in [1.82, 2.24) is 4.98 Å². The Morgan fingerprint density at radius 1 is 1.47 bits per heavy atom. The van der Waals surface area contributed by atoms with Crippen LogP contribution < -0.4 is 5.73 Å². The van der Waals surface area contributed by atoms with Crippen molar-refractivity contribution in [3.05, 3.63) is 41.6 Å². The first-order valence-corrected chi connectivity index (χ1v) is 5.41. The zero-order chi connectivity index (χ0) is 12.4. The van der Waals surface area contributed by atoms with Crippen LogP contribution in [0.2, 0.25) is 0 Å². The van der Waals surface area contributed by atoms with Crippen LogP contribution in [0.4, 0.5) is 0 Å². The fourth-order valence-electron chi connectivity index (χ4n) is 1.95. The molecule has 0 aliphatic carbocycles. The normalized spacial score (nSPS) is 12.6. The number of carboxylic acid groups (broad SMARTS) is 1. The maximum Gasteiger partial charge on any atom is 0.305 e. The Labute approximate surface area is 99.1 Å². The van der Waals surface area contributed by atoms with Gasteiger partial charge >= 0.3 is 5.97 Å².